The second kappa shape index (κ2) is 4.11. The molecule has 2 rings (SSSR count). The number of anilines is 2. The Balaban J connectivity index is 1.95. The molecule has 0 saturated heterocycles. The third kappa shape index (κ3) is 2.23. The van der Waals surface area contributed by atoms with Gasteiger partial charge in [0.2, 0.25) is 0 Å². The Morgan fingerprint density at radius 3 is 2.93 bits per heavy atom. The number of rotatable bonds is 3. The first-order valence-electron chi connectivity index (χ1n) is 4.32. The van der Waals surface area contributed by atoms with Crippen molar-refractivity contribution in [3.8, 4) is 0 Å². The fourth-order valence-corrected chi connectivity index (χ4v) is 1.75. The van der Waals surface area contributed by atoms with E-state index in [9.17, 15) is 0 Å². The molecular formula is C10H11N3S. The second-order valence-corrected chi connectivity index (χ2v) is 3.94. The molecule has 0 aliphatic rings. The molecule has 14 heavy (non-hydrogen) atoms. The Hall–Kier alpha value is -1.55. The fraction of sp³-hybridized carbons (Fsp3) is 0.100. The normalized spacial score (nSPS) is 10.0. The van der Waals surface area contributed by atoms with Crippen molar-refractivity contribution in [2.75, 3.05) is 11.1 Å². The van der Waals surface area contributed by atoms with Crippen LogP contribution in [0.4, 0.5) is 11.5 Å². The van der Waals surface area contributed by atoms with Gasteiger partial charge in [-0.25, -0.2) is 4.98 Å². The van der Waals surface area contributed by atoms with Gasteiger partial charge in [-0.2, -0.15) is 0 Å². The summed E-state index contributed by atoms with van der Waals surface area (Å²) in [6, 6.07) is 7.85. The Labute approximate surface area is 86.6 Å². The Morgan fingerprint density at radius 2 is 2.29 bits per heavy atom. The maximum atomic E-state index is 5.53. The van der Waals surface area contributed by atoms with Crippen molar-refractivity contribution < 1.29 is 0 Å². The number of aromatic nitrogens is 1. The predicted octanol–water partition coefficient (Wildman–Crippen LogP) is 2.34. The minimum absolute atomic E-state index is 0.687. The third-order valence-electron chi connectivity index (χ3n) is 1.81. The highest BCUT2D eigenvalue weighted by molar-refractivity contribution is 7.09. The van der Waals surface area contributed by atoms with Gasteiger partial charge in [-0.1, -0.05) is 6.07 Å². The van der Waals surface area contributed by atoms with Crippen molar-refractivity contribution in [2.24, 2.45) is 0 Å². The van der Waals surface area contributed by atoms with E-state index < -0.39 is 0 Å². The zero-order chi connectivity index (χ0) is 9.80. The SMILES string of the molecule is Nc1ccc(NCc2cccs2)nc1. The Morgan fingerprint density at radius 1 is 1.36 bits per heavy atom. The molecule has 0 fully saturated rings. The van der Waals surface area contributed by atoms with Crippen LogP contribution in [0.5, 0.6) is 0 Å². The number of nitrogen functional groups attached to an aromatic ring is 1. The van der Waals surface area contributed by atoms with Crippen molar-refractivity contribution in [1.29, 1.82) is 0 Å². The van der Waals surface area contributed by atoms with Gasteiger partial charge in [0.15, 0.2) is 0 Å². The number of hydrogen-bond donors (Lipinski definition) is 2. The van der Waals surface area contributed by atoms with E-state index in [0.717, 1.165) is 12.4 Å². The molecule has 2 heterocycles. The summed E-state index contributed by atoms with van der Waals surface area (Å²) in [4.78, 5) is 5.44. The van der Waals surface area contributed by atoms with E-state index in [0.29, 0.717) is 5.69 Å². The van der Waals surface area contributed by atoms with Crippen molar-refractivity contribution in [3.05, 3.63) is 40.7 Å². The van der Waals surface area contributed by atoms with Gasteiger partial charge >= 0.3 is 0 Å². The minimum Gasteiger partial charge on any atom is -0.397 e. The number of pyridine rings is 1. The van der Waals surface area contributed by atoms with Crippen LogP contribution >= 0.6 is 11.3 Å². The first kappa shape index (κ1) is 9.02. The van der Waals surface area contributed by atoms with Crippen molar-refractivity contribution >= 4 is 22.8 Å². The van der Waals surface area contributed by atoms with Crippen LogP contribution in [0.1, 0.15) is 4.88 Å². The van der Waals surface area contributed by atoms with Crippen LogP contribution in [-0.2, 0) is 6.54 Å². The van der Waals surface area contributed by atoms with Gasteiger partial charge in [0.25, 0.3) is 0 Å². The Bertz CT molecular complexity index is 380. The molecule has 4 heteroatoms. The van der Waals surface area contributed by atoms with E-state index in [2.05, 4.69) is 21.7 Å². The summed E-state index contributed by atoms with van der Waals surface area (Å²) in [6.07, 6.45) is 1.65. The lowest BCUT2D eigenvalue weighted by atomic mass is 10.4. The van der Waals surface area contributed by atoms with Crippen LogP contribution in [0.2, 0.25) is 0 Å². The van der Waals surface area contributed by atoms with Gasteiger partial charge in [-0.15, -0.1) is 11.3 Å². The number of nitrogens with two attached hydrogens (primary N) is 1. The quantitative estimate of drug-likeness (QED) is 0.808. The zero-order valence-corrected chi connectivity index (χ0v) is 8.42. The molecule has 0 radical (unpaired) electrons. The highest BCUT2D eigenvalue weighted by Gasteiger charge is 1.95. The van der Waals surface area contributed by atoms with Crippen molar-refractivity contribution in [3.63, 3.8) is 0 Å². The van der Waals surface area contributed by atoms with Crippen molar-refractivity contribution in [1.82, 2.24) is 4.98 Å². The number of nitrogens with zero attached hydrogens (tertiary/aromatic N) is 1. The topological polar surface area (TPSA) is 50.9 Å². The maximum Gasteiger partial charge on any atom is 0.126 e. The van der Waals surface area contributed by atoms with Gasteiger partial charge < -0.3 is 11.1 Å². The summed E-state index contributed by atoms with van der Waals surface area (Å²) in [5, 5.41) is 5.28. The van der Waals surface area contributed by atoms with Gasteiger partial charge in [0.05, 0.1) is 18.4 Å². The maximum absolute atomic E-state index is 5.53. The summed E-state index contributed by atoms with van der Waals surface area (Å²) >= 11 is 1.73. The summed E-state index contributed by atoms with van der Waals surface area (Å²) in [7, 11) is 0. The number of nitrogens with one attached hydrogen (secondary N) is 1. The molecule has 3 nitrogen and oxygen atoms in total. The van der Waals surface area contributed by atoms with E-state index in [4.69, 9.17) is 5.73 Å². The van der Waals surface area contributed by atoms with Gasteiger partial charge in [0.1, 0.15) is 5.82 Å². The van der Waals surface area contributed by atoms with Gasteiger partial charge in [-0.05, 0) is 23.6 Å². The fourth-order valence-electron chi connectivity index (χ4n) is 1.10. The molecule has 0 bridgehead atoms. The molecule has 2 aromatic rings. The van der Waals surface area contributed by atoms with Crippen LogP contribution in [0.15, 0.2) is 35.8 Å². The molecule has 0 unspecified atom stereocenters. The molecule has 0 spiro atoms. The van der Waals surface area contributed by atoms with E-state index in [1.165, 1.54) is 4.88 Å². The van der Waals surface area contributed by atoms with Crippen LogP contribution in [0.3, 0.4) is 0 Å². The summed E-state index contributed by atoms with van der Waals surface area (Å²) in [6.45, 7) is 0.814. The molecule has 0 aromatic carbocycles. The highest BCUT2D eigenvalue weighted by atomic mass is 32.1. The molecule has 3 N–H and O–H groups in total. The average molecular weight is 205 g/mol. The summed E-state index contributed by atoms with van der Waals surface area (Å²) < 4.78 is 0. The summed E-state index contributed by atoms with van der Waals surface area (Å²) in [5.74, 6) is 0.854. The molecule has 0 saturated carbocycles. The molecule has 0 amide bonds. The lowest BCUT2D eigenvalue weighted by Crippen LogP contribution is -1.99. The summed E-state index contributed by atoms with van der Waals surface area (Å²) in [5.41, 5.74) is 6.22. The minimum atomic E-state index is 0.687. The first-order valence-corrected chi connectivity index (χ1v) is 5.20. The lowest BCUT2D eigenvalue weighted by Gasteiger charge is -2.03. The Kier molecular flexibility index (Phi) is 2.65. The molecular weight excluding hydrogens is 194 g/mol. The van der Waals surface area contributed by atoms with Gasteiger partial charge in [0, 0.05) is 4.88 Å². The number of thiophene rings is 1. The van der Waals surface area contributed by atoms with Gasteiger partial charge in [-0.3, -0.25) is 0 Å². The van der Waals surface area contributed by atoms with Crippen LogP contribution in [0, 0.1) is 0 Å². The van der Waals surface area contributed by atoms with E-state index in [-0.39, 0.29) is 0 Å². The monoisotopic (exact) mass is 205 g/mol. The molecule has 0 atom stereocenters. The highest BCUT2D eigenvalue weighted by Crippen LogP contribution is 2.11. The second-order valence-electron chi connectivity index (χ2n) is 2.91. The van der Waals surface area contributed by atoms with Crippen molar-refractivity contribution in [2.45, 2.75) is 6.54 Å². The zero-order valence-electron chi connectivity index (χ0n) is 7.60. The van der Waals surface area contributed by atoms with E-state index in [1.807, 2.05) is 18.2 Å². The smallest absolute Gasteiger partial charge is 0.126 e. The molecule has 2 aromatic heterocycles. The first-order chi connectivity index (χ1) is 6.84. The third-order valence-corrected chi connectivity index (χ3v) is 2.69. The van der Waals surface area contributed by atoms with Crippen LogP contribution in [0.25, 0.3) is 0 Å². The molecule has 0 aliphatic heterocycles. The van der Waals surface area contributed by atoms with E-state index >= 15 is 0 Å². The predicted molar refractivity (Wildman–Crippen MR) is 60.3 cm³/mol. The van der Waals surface area contributed by atoms with Crippen LogP contribution in [-0.4, -0.2) is 4.98 Å². The molecule has 0 aliphatic carbocycles. The van der Waals surface area contributed by atoms with E-state index in [1.54, 1.807) is 17.5 Å². The molecule has 72 valence electrons. The largest absolute Gasteiger partial charge is 0.397 e. The standard InChI is InChI=1S/C10H11N3S/c11-8-3-4-10(12-6-8)13-7-9-2-1-5-14-9/h1-6H,7,11H2,(H,12,13). The average Bonchev–Trinajstić information content (AvgIpc) is 2.70. The lowest BCUT2D eigenvalue weighted by molar-refractivity contribution is 1.14. The number of hydrogen-bond acceptors (Lipinski definition) is 4. The van der Waals surface area contributed by atoms with Crippen LogP contribution < -0.4 is 11.1 Å².